The van der Waals surface area contributed by atoms with E-state index in [0.29, 0.717) is 52.1 Å². The van der Waals surface area contributed by atoms with E-state index >= 15 is 0 Å². The minimum absolute atomic E-state index is 0.0260. The van der Waals surface area contributed by atoms with Gasteiger partial charge >= 0.3 is 0 Å². The number of rotatable bonds is 5. The fraction of sp³-hybridized carbons (Fsp3) is 0.240. The summed E-state index contributed by atoms with van der Waals surface area (Å²) in [7, 11) is 1.59. The Hall–Kier alpha value is -3.17. The van der Waals surface area contributed by atoms with E-state index in [1.807, 2.05) is 18.2 Å². The van der Waals surface area contributed by atoms with Crippen LogP contribution in [0.4, 0.5) is 4.39 Å². The first kappa shape index (κ1) is 22.6. The highest BCUT2D eigenvalue weighted by Crippen LogP contribution is 2.35. The number of halogens is 1. The van der Waals surface area contributed by atoms with Crippen LogP contribution in [0.3, 0.4) is 0 Å². The summed E-state index contributed by atoms with van der Waals surface area (Å²) in [5.41, 5.74) is 2.34. The van der Waals surface area contributed by atoms with Crippen molar-refractivity contribution in [2.45, 2.75) is 30.8 Å². The number of ether oxygens (including phenoxy) is 1. The maximum atomic E-state index is 13.9. The van der Waals surface area contributed by atoms with Crippen LogP contribution in [0.1, 0.15) is 22.9 Å². The zero-order valence-corrected chi connectivity index (χ0v) is 20.3. The molecule has 34 heavy (non-hydrogen) atoms. The van der Waals surface area contributed by atoms with E-state index in [0.717, 1.165) is 16.0 Å². The van der Waals surface area contributed by atoms with Gasteiger partial charge < -0.3 is 9.64 Å². The molecule has 0 saturated carbocycles. The zero-order chi connectivity index (χ0) is 23.8. The molecular weight excluding hydrogens is 473 g/mol. The van der Waals surface area contributed by atoms with E-state index in [-0.39, 0.29) is 17.3 Å². The molecule has 4 aromatic rings. The number of hydrogen-bond acceptors (Lipinski definition) is 6. The maximum Gasteiger partial charge on any atom is 0.267 e. The SMILES string of the molecule is COc1ccc(-n2c(SCc3cccc(F)c3)nc3sc4c(c3c2=O)CCN(C(C)=O)C4)cc1. The smallest absolute Gasteiger partial charge is 0.267 e. The van der Waals surface area contributed by atoms with Crippen LogP contribution in [-0.2, 0) is 23.5 Å². The topological polar surface area (TPSA) is 64.4 Å². The standard InChI is InChI=1S/C25H22FN3O3S2/c1-15(30)28-11-10-20-21(13-28)34-23-22(20)24(31)29(18-6-8-19(32-2)9-7-18)25(27-23)33-14-16-4-3-5-17(26)12-16/h3-9,12H,10-11,13-14H2,1-2H3. The Bertz CT molecular complexity index is 1450. The second-order valence-corrected chi connectivity index (χ2v) is 10.1. The van der Waals surface area contributed by atoms with Gasteiger partial charge in [0.05, 0.1) is 24.7 Å². The van der Waals surface area contributed by atoms with Crippen molar-refractivity contribution in [3.8, 4) is 11.4 Å². The van der Waals surface area contributed by atoms with Gasteiger partial charge in [0.1, 0.15) is 16.4 Å². The molecule has 2 aromatic carbocycles. The Kier molecular flexibility index (Phi) is 6.14. The highest BCUT2D eigenvalue weighted by atomic mass is 32.2. The first-order chi connectivity index (χ1) is 16.4. The van der Waals surface area contributed by atoms with Crippen molar-refractivity contribution in [2.75, 3.05) is 13.7 Å². The molecule has 0 aliphatic carbocycles. The summed E-state index contributed by atoms with van der Waals surface area (Å²) in [4.78, 5) is 34.1. The van der Waals surface area contributed by atoms with Crippen molar-refractivity contribution in [3.63, 3.8) is 0 Å². The molecule has 0 spiro atoms. The molecule has 0 unspecified atom stereocenters. The first-order valence-corrected chi connectivity index (χ1v) is 12.6. The average molecular weight is 496 g/mol. The molecule has 5 rings (SSSR count). The molecule has 3 heterocycles. The van der Waals surface area contributed by atoms with E-state index in [9.17, 15) is 14.0 Å². The summed E-state index contributed by atoms with van der Waals surface area (Å²) in [6.07, 6.45) is 0.629. The van der Waals surface area contributed by atoms with Gasteiger partial charge in [0.15, 0.2) is 5.16 Å². The van der Waals surface area contributed by atoms with Crippen LogP contribution in [0.25, 0.3) is 15.9 Å². The van der Waals surface area contributed by atoms with E-state index in [1.54, 1.807) is 41.7 Å². The Morgan fingerprint density at radius 1 is 1.24 bits per heavy atom. The number of nitrogens with zero attached hydrogens (tertiary/aromatic N) is 3. The van der Waals surface area contributed by atoms with Crippen molar-refractivity contribution >= 4 is 39.2 Å². The van der Waals surface area contributed by atoms with Crippen molar-refractivity contribution in [1.82, 2.24) is 14.5 Å². The van der Waals surface area contributed by atoms with E-state index in [2.05, 4.69) is 0 Å². The van der Waals surface area contributed by atoms with Gasteiger partial charge in [-0.25, -0.2) is 9.37 Å². The Morgan fingerprint density at radius 2 is 2.03 bits per heavy atom. The van der Waals surface area contributed by atoms with Crippen molar-refractivity contribution in [3.05, 3.63) is 80.7 Å². The van der Waals surface area contributed by atoms with Gasteiger partial charge in [0.2, 0.25) is 5.91 Å². The molecule has 1 aliphatic heterocycles. The first-order valence-electron chi connectivity index (χ1n) is 10.8. The van der Waals surface area contributed by atoms with Gasteiger partial charge in [0, 0.05) is 24.1 Å². The van der Waals surface area contributed by atoms with Crippen LogP contribution in [0.5, 0.6) is 5.75 Å². The lowest BCUT2D eigenvalue weighted by atomic mass is 10.1. The lowest BCUT2D eigenvalue weighted by Crippen LogP contribution is -2.34. The van der Waals surface area contributed by atoms with Crippen molar-refractivity contribution in [1.29, 1.82) is 0 Å². The number of thioether (sulfide) groups is 1. The molecule has 0 radical (unpaired) electrons. The van der Waals surface area contributed by atoms with Crippen LogP contribution >= 0.6 is 23.1 Å². The number of fused-ring (bicyclic) bond motifs is 3. The van der Waals surface area contributed by atoms with Gasteiger partial charge in [0.25, 0.3) is 5.56 Å². The number of thiophene rings is 1. The summed E-state index contributed by atoms with van der Waals surface area (Å²) < 4.78 is 20.6. The van der Waals surface area contributed by atoms with Gasteiger partial charge in [-0.05, 0) is 53.9 Å². The van der Waals surface area contributed by atoms with Gasteiger partial charge in [-0.1, -0.05) is 23.9 Å². The molecule has 0 atom stereocenters. The lowest BCUT2D eigenvalue weighted by Gasteiger charge is -2.25. The molecular formula is C25H22FN3O3S2. The number of carbonyl (C=O) groups excluding carboxylic acids is 1. The summed E-state index contributed by atoms with van der Waals surface area (Å²) in [6.45, 7) is 2.65. The summed E-state index contributed by atoms with van der Waals surface area (Å²) in [6, 6.07) is 13.7. The number of aromatic nitrogens is 2. The molecule has 0 fully saturated rings. The number of carbonyl (C=O) groups is 1. The van der Waals surface area contributed by atoms with E-state index in [4.69, 9.17) is 9.72 Å². The molecule has 9 heteroatoms. The minimum Gasteiger partial charge on any atom is -0.497 e. The third-order valence-corrected chi connectivity index (χ3v) is 8.00. The van der Waals surface area contributed by atoms with Crippen LogP contribution < -0.4 is 10.3 Å². The largest absolute Gasteiger partial charge is 0.497 e. The van der Waals surface area contributed by atoms with Crippen LogP contribution in [0, 0.1) is 5.82 Å². The van der Waals surface area contributed by atoms with Gasteiger partial charge in [-0.15, -0.1) is 11.3 Å². The second kappa shape index (κ2) is 9.23. The quantitative estimate of drug-likeness (QED) is 0.294. The summed E-state index contributed by atoms with van der Waals surface area (Å²) in [5, 5.41) is 1.16. The minimum atomic E-state index is -0.296. The van der Waals surface area contributed by atoms with E-state index < -0.39 is 0 Å². The molecule has 0 bridgehead atoms. The number of benzene rings is 2. The highest BCUT2D eigenvalue weighted by Gasteiger charge is 2.26. The third-order valence-electron chi connectivity index (χ3n) is 5.88. The summed E-state index contributed by atoms with van der Waals surface area (Å²) in [5.74, 6) is 0.889. The van der Waals surface area contributed by atoms with Crippen LogP contribution in [0.15, 0.2) is 58.5 Å². The number of amides is 1. The predicted octanol–water partition coefficient (Wildman–Crippen LogP) is 4.79. The molecule has 0 N–H and O–H groups in total. The van der Waals surface area contributed by atoms with Gasteiger partial charge in [-0.2, -0.15) is 0 Å². The average Bonchev–Trinajstić information content (AvgIpc) is 3.21. The Labute approximate surface area is 204 Å². The Balaban J connectivity index is 1.63. The number of hydrogen-bond donors (Lipinski definition) is 0. The van der Waals surface area contributed by atoms with Crippen LogP contribution in [0.2, 0.25) is 0 Å². The molecule has 174 valence electrons. The predicted molar refractivity (Wildman–Crippen MR) is 133 cm³/mol. The highest BCUT2D eigenvalue weighted by molar-refractivity contribution is 7.98. The van der Waals surface area contributed by atoms with Crippen molar-refractivity contribution in [2.24, 2.45) is 0 Å². The fourth-order valence-corrected chi connectivity index (χ4v) is 6.36. The zero-order valence-electron chi connectivity index (χ0n) is 18.7. The maximum absolute atomic E-state index is 13.9. The Morgan fingerprint density at radius 3 is 2.74 bits per heavy atom. The molecule has 0 saturated heterocycles. The van der Waals surface area contributed by atoms with Gasteiger partial charge in [-0.3, -0.25) is 14.2 Å². The monoisotopic (exact) mass is 495 g/mol. The number of methoxy groups -OCH3 is 1. The fourth-order valence-electron chi connectivity index (χ4n) is 4.12. The van der Waals surface area contributed by atoms with Crippen LogP contribution in [-0.4, -0.2) is 34.0 Å². The van der Waals surface area contributed by atoms with E-state index in [1.165, 1.54) is 35.2 Å². The molecule has 1 aliphatic rings. The summed E-state index contributed by atoms with van der Waals surface area (Å²) >= 11 is 2.86. The molecule has 2 aromatic heterocycles. The molecule has 1 amide bonds. The van der Waals surface area contributed by atoms with Crippen molar-refractivity contribution < 1.29 is 13.9 Å². The lowest BCUT2D eigenvalue weighted by molar-refractivity contribution is -0.129. The second-order valence-electron chi connectivity index (χ2n) is 8.03. The molecule has 6 nitrogen and oxygen atoms in total. The third kappa shape index (κ3) is 4.21. The normalized spacial score (nSPS) is 13.2.